The lowest BCUT2D eigenvalue weighted by molar-refractivity contribution is 0.0906. The highest BCUT2D eigenvalue weighted by atomic mass is 19.1. The molecule has 0 unspecified atom stereocenters. The van der Waals surface area contributed by atoms with Crippen LogP contribution < -0.4 is 10.7 Å². The number of benzene rings is 1. The van der Waals surface area contributed by atoms with Gasteiger partial charge in [-0.15, -0.1) is 0 Å². The molecule has 2 aliphatic rings. The zero-order valence-electron chi connectivity index (χ0n) is 16.4. The van der Waals surface area contributed by atoms with Crippen molar-refractivity contribution in [3.8, 4) is 0 Å². The molecule has 2 aliphatic carbocycles. The van der Waals surface area contributed by atoms with E-state index in [1.165, 1.54) is 24.3 Å². The van der Waals surface area contributed by atoms with Crippen molar-refractivity contribution in [2.24, 2.45) is 5.10 Å². The second-order valence-corrected chi connectivity index (χ2v) is 7.67. The van der Waals surface area contributed by atoms with Gasteiger partial charge in [0.25, 0.3) is 11.8 Å². The summed E-state index contributed by atoms with van der Waals surface area (Å²) in [4.78, 5) is 25.0. The third-order valence-electron chi connectivity index (χ3n) is 5.62. The number of hydrogen-bond donors (Lipinski definition) is 2. The predicted molar refractivity (Wildman–Crippen MR) is 107 cm³/mol. The molecule has 0 atom stereocenters. The number of aryl methyl sites for hydroxylation is 1. The maximum absolute atomic E-state index is 13.0. The SMILES string of the molecule is Cc1c(C(=O)NC2CCCC2)oc2c1/C(=N/NC(=O)c1ccc(F)cc1)CCC2. The Bertz CT molecular complexity index is 956. The monoisotopic (exact) mass is 397 g/mol. The Kier molecular flexibility index (Phi) is 5.47. The third-order valence-corrected chi connectivity index (χ3v) is 5.62. The van der Waals surface area contributed by atoms with Crippen LogP contribution >= 0.6 is 0 Å². The van der Waals surface area contributed by atoms with Crippen LogP contribution in [0, 0.1) is 12.7 Å². The largest absolute Gasteiger partial charge is 0.455 e. The van der Waals surface area contributed by atoms with Crippen molar-refractivity contribution in [2.75, 3.05) is 0 Å². The molecular formula is C22H24FN3O3. The number of nitrogens with zero attached hydrogens (tertiary/aromatic N) is 1. The molecule has 1 fully saturated rings. The average molecular weight is 397 g/mol. The van der Waals surface area contributed by atoms with E-state index >= 15 is 0 Å². The Hall–Kier alpha value is -2.96. The van der Waals surface area contributed by atoms with Crippen LogP contribution in [-0.4, -0.2) is 23.6 Å². The first kappa shape index (κ1) is 19.4. The number of amides is 2. The summed E-state index contributed by atoms with van der Waals surface area (Å²) in [6.45, 7) is 1.86. The Morgan fingerprint density at radius 3 is 2.52 bits per heavy atom. The number of hydrazone groups is 1. The van der Waals surface area contributed by atoms with E-state index in [1.54, 1.807) is 0 Å². The minimum absolute atomic E-state index is 0.182. The lowest BCUT2D eigenvalue weighted by Gasteiger charge is -2.13. The van der Waals surface area contributed by atoms with E-state index in [0.717, 1.165) is 55.4 Å². The van der Waals surface area contributed by atoms with Gasteiger partial charge >= 0.3 is 0 Å². The summed E-state index contributed by atoms with van der Waals surface area (Å²) in [7, 11) is 0. The fourth-order valence-electron chi connectivity index (χ4n) is 4.10. The first-order valence-corrected chi connectivity index (χ1v) is 10.1. The van der Waals surface area contributed by atoms with E-state index in [4.69, 9.17) is 4.42 Å². The highest BCUT2D eigenvalue weighted by molar-refractivity contribution is 6.07. The summed E-state index contributed by atoms with van der Waals surface area (Å²) in [5.41, 5.74) is 5.13. The minimum atomic E-state index is -0.412. The number of rotatable bonds is 4. The normalized spacial score (nSPS) is 17.9. The Morgan fingerprint density at radius 1 is 1.07 bits per heavy atom. The zero-order valence-corrected chi connectivity index (χ0v) is 16.4. The van der Waals surface area contributed by atoms with E-state index in [-0.39, 0.29) is 11.9 Å². The molecule has 1 saturated carbocycles. The van der Waals surface area contributed by atoms with Gasteiger partial charge in [-0.2, -0.15) is 5.10 Å². The molecule has 6 nitrogen and oxygen atoms in total. The average Bonchev–Trinajstić information content (AvgIpc) is 3.35. The van der Waals surface area contributed by atoms with Gasteiger partial charge in [-0.3, -0.25) is 9.59 Å². The van der Waals surface area contributed by atoms with Crippen LogP contribution in [0.25, 0.3) is 0 Å². The molecule has 0 saturated heterocycles. The van der Waals surface area contributed by atoms with Gasteiger partial charge in [0.1, 0.15) is 11.6 Å². The summed E-state index contributed by atoms with van der Waals surface area (Å²) in [6.07, 6.45) is 6.54. The molecule has 2 amide bonds. The number of hydrogen-bond acceptors (Lipinski definition) is 4. The summed E-state index contributed by atoms with van der Waals surface area (Å²) in [5, 5.41) is 7.36. The van der Waals surface area contributed by atoms with Gasteiger partial charge in [0.05, 0.1) is 5.71 Å². The summed E-state index contributed by atoms with van der Waals surface area (Å²) in [5.74, 6) is 0.0761. The number of halogens is 1. The number of nitrogens with one attached hydrogen (secondary N) is 2. The maximum Gasteiger partial charge on any atom is 0.287 e. The van der Waals surface area contributed by atoms with Gasteiger partial charge in [0.2, 0.25) is 0 Å². The van der Waals surface area contributed by atoms with E-state index in [2.05, 4.69) is 15.8 Å². The van der Waals surface area contributed by atoms with Gasteiger partial charge in [0, 0.05) is 29.2 Å². The zero-order chi connectivity index (χ0) is 20.4. The quantitative estimate of drug-likeness (QED) is 0.768. The van der Waals surface area contributed by atoms with Gasteiger partial charge < -0.3 is 9.73 Å². The van der Waals surface area contributed by atoms with Crippen LogP contribution in [0.5, 0.6) is 0 Å². The van der Waals surface area contributed by atoms with E-state index in [9.17, 15) is 14.0 Å². The summed E-state index contributed by atoms with van der Waals surface area (Å²) >= 11 is 0. The Balaban J connectivity index is 1.53. The molecule has 7 heteroatoms. The van der Waals surface area contributed by atoms with Crippen molar-refractivity contribution in [3.63, 3.8) is 0 Å². The van der Waals surface area contributed by atoms with E-state index in [1.807, 2.05) is 6.92 Å². The number of fused-ring (bicyclic) bond motifs is 1. The highest BCUT2D eigenvalue weighted by Gasteiger charge is 2.29. The minimum Gasteiger partial charge on any atom is -0.455 e. The molecule has 0 aliphatic heterocycles. The highest BCUT2D eigenvalue weighted by Crippen LogP contribution is 2.30. The molecular weight excluding hydrogens is 373 g/mol. The molecule has 4 rings (SSSR count). The molecule has 1 heterocycles. The third kappa shape index (κ3) is 4.09. The smallest absolute Gasteiger partial charge is 0.287 e. The van der Waals surface area contributed by atoms with Crippen molar-refractivity contribution in [3.05, 3.63) is 58.3 Å². The summed E-state index contributed by atoms with van der Waals surface area (Å²) < 4.78 is 18.9. The van der Waals surface area contributed by atoms with Gasteiger partial charge in [0.15, 0.2) is 5.76 Å². The van der Waals surface area contributed by atoms with Gasteiger partial charge in [-0.1, -0.05) is 12.8 Å². The van der Waals surface area contributed by atoms with Crippen LogP contribution in [0.4, 0.5) is 4.39 Å². The molecule has 152 valence electrons. The first-order valence-electron chi connectivity index (χ1n) is 10.1. The molecule has 0 bridgehead atoms. The second kappa shape index (κ2) is 8.19. The Morgan fingerprint density at radius 2 is 1.79 bits per heavy atom. The topological polar surface area (TPSA) is 83.7 Å². The van der Waals surface area contributed by atoms with Crippen LogP contribution in [0.1, 0.15) is 76.3 Å². The molecule has 1 aromatic heterocycles. The van der Waals surface area contributed by atoms with Crippen molar-refractivity contribution in [1.82, 2.24) is 10.7 Å². The lowest BCUT2D eigenvalue weighted by atomic mass is 9.93. The number of furan rings is 1. The molecule has 0 radical (unpaired) electrons. The first-order chi connectivity index (χ1) is 14.0. The molecule has 0 spiro atoms. The van der Waals surface area contributed by atoms with Crippen LogP contribution in [0.2, 0.25) is 0 Å². The van der Waals surface area contributed by atoms with Crippen LogP contribution in [0.3, 0.4) is 0 Å². The number of carbonyl (C=O) groups is 2. The van der Waals surface area contributed by atoms with Crippen molar-refractivity contribution < 1.29 is 18.4 Å². The fraction of sp³-hybridized carbons (Fsp3) is 0.409. The molecule has 2 aromatic rings. The van der Waals surface area contributed by atoms with E-state index in [0.29, 0.717) is 23.5 Å². The molecule has 29 heavy (non-hydrogen) atoms. The summed E-state index contributed by atoms with van der Waals surface area (Å²) in [6, 6.07) is 5.50. The maximum atomic E-state index is 13.0. The van der Waals surface area contributed by atoms with Crippen LogP contribution in [0.15, 0.2) is 33.8 Å². The fourth-order valence-corrected chi connectivity index (χ4v) is 4.10. The van der Waals surface area contributed by atoms with Crippen LogP contribution in [-0.2, 0) is 6.42 Å². The Labute approximate surface area is 168 Å². The standard InChI is InChI=1S/C22H24FN3O3/c1-13-19-17(25-26-21(27)14-9-11-15(23)12-10-14)7-4-8-18(19)29-20(13)22(28)24-16-5-2-3-6-16/h9-12,16H,2-8H2,1H3,(H,24,28)(H,26,27)/b25-17+. The molecule has 1 aromatic carbocycles. The second-order valence-electron chi connectivity index (χ2n) is 7.67. The van der Waals surface area contributed by atoms with E-state index < -0.39 is 11.7 Å². The predicted octanol–water partition coefficient (Wildman–Crippen LogP) is 3.87. The van der Waals surface area contributed by atoms with Crippen molar-refractivity contribution >= 4 is 17.5 Å². The van der Waals surface area contributed by atoms with Gasteiger partial charge in [-0.05, 0) is 56.9 Å². The van der Waals surface area contributed by atoms with Crippen molar-refractivity contribution in [1.29, 1.82) is 0 Å². The molecule has 2 N–H and O–H groups in total. The lowest BCUT2D eigenvalue weighted by Crippen LogP contribution is -2.32. The van der Waals surface area contributed by atoms with Gasteiger partial charge in [-0.25, -0.2) is 9.82 Å². The van der Waals surface area contributed by atoms with Crippen molar-refractivity contribution in [2.45, 2.75) is 57.9 Å². The number of carbonyl (C=O) groups excluding carboxylic acids is 2.